The van der Waals surface area contributed by atoms with Gasteiger partial charge >= 0.3 is 0 Å². The van der Waals surface area contributed by atoms with Gasteiger partial charge in [0.15, 0.2) is 5.78 Å². The van der Waals surface area contributed by atoms with Crippen LogP contribution in [0.2, 0.25) is 0 Å². The third-order valence-corrected chi connectivity index (χ3v) is 2.74. The van der Waals surface area contributed by atoms with E-state index in [1.807, 2.05) is 55.5 Å². The van der Waals surface area contributed by atoms with E-state index in [1.165, 1.54) is 0 Å². The number of rotatable bonds is 3. The molecule has 0 amide bonds. The van der Waals surface area contributed by atoms with Crippen molar-refractivity contribution in [3.63, 3.8) is 0 Å². The van der Waals surface area contributed by atoms with Gasteiger partial charge in [-0.2, -0.15) is 0 Å². The van der Waals surface area contributed by atoms with Crippen molar-refractivity contribution in [2.24, 2.45) is 0 Å². The van der Waals surface area contributed by atoms with Gasteiger partial charge in [-0.25, -0.2) is 0 Å². The maximum absolute atomic E-state index is 12.3. The van der Waals surface area contributed by atoms with E-state index < -0.39 is 0 Å². The molecule has 0 radical (unpaired) electrons. The van der Waals surface area contributed by atoms with Gasteiger partial charge in [0.05, 0.1) is 0 Å². The number of aryl methyl sites for hydroxylation is 1. The smallest absolute Gasteiger partial charge is 0.193 e. The van der Waals surface area contributed by atoms with Crippen LogP contribution in [0, 0.1) is 6.92 Å². The van der Waals surface area contributed by atoms with Gasteiger partial charge in [-0.1, -0.05) is 66.7 Å². The average Bonchev–Trinajstić information content (AvgIpc) is 2.39. The molecule has 84 valence electrons. The number of hydrogen-bond donors (Lipinski definition) is 0. The molecule has 0 aromatic heterocycles. The lowest BCUT2D eigenvalue weighted by molar-refractivity contribution is 0.103. The van der Waals surface area contributed by atoms with Crippen LogP contribution in [0.15, 0.2) is 55.1 Å². The standard InChI is InChI=1S/C16H14O/c1-3-13-6-4-5-7-15(13)16(17)14-10-8-12(2)9-11-14/h3-11H,1H2,2H3. The van der Waals surface area contributed by atoms with Crippen molar-refractivity contribution < 1.29 is 4.79 Å². The normalized spacial score (nSPS) is 9.94. The highest BCUT2D eigenvalue weighted by Crippen LogP contribution is 2.16. The summed E-state index contributed by atoms with van der Waals surface area (Å²) in [7, 11) is 0. The van der Waals surface area contributed by atoms with Crippen LogP contribution in [0.1, 0.15) is 27.0 Å². The number of hydrogen-bond acceptors (Lipinski definition) is 1. The predicted molar refractivity (Wildman–Crippen MR) is 71.1 cm³/mol. The van der Waals surface area contributed by atoms with Crippen molar-refractivity contribution in [3.8, 4) is 0 Å². The van der Waals surface area contributed by atoms with Gasteiger partial charge in [-0.3, -0.25) is 4.79 Å². The molecule has 0 heterocycles. The van der Waals surface area contributed by atoms with E-state index in [-0.39, 0.29) is 5.78 Å². The zero-order valence-electron chi connectivity index (χ0n) is 9.81. The van der Waals surface area contributed by atoms with Crippen LogP contribution in [0.25, 0.3) is 6.08 Å². The number of carbonyl (C=O) groups excluding carboxylic acids is 1. The molecule has 1 nitrogen and oxygen atoms in total. The maximum atomic E-state index is 12.3. The molecule has 0 aliphatic carbocycles. The topological polar surface area (TPSA) is 17.1 Å². The van der Waals surface area contributed by atoms with Crippen molar-refractivity contribution >= 4 is 11.9 Å². The van der Waals surface area contributed by atoms with E-state index in [0.717, 1.165) is 11.1 Å². The van der Waals surface area contributed by atoms with Crippen molar-refractivity contribution in [2.45, 2.75) is 6.92 Å². The minimum atomic E-state index is 0.0421. The van der Waals surface area contributed by atoms with Crippen LogP contribution in [0.4, 0.5) is 0 Å². The Kier molecular flexibility index (Phi) is 3.20. The van der Waals surface area contributed by atoms with Gasteiger partial charge in [-0.15, -0.1) is 0 Å². The van der Waals surface area contributed by atoms with E-state index in [9.17, 15) is 4.79 Å². The molecule has 2 aromatic rings. The average molecular weight is 222 g/mol. The van der Waals surface area contributed by atoms with Crippen LogP contribution >= 0.6 is 0 Å². The number of benzene rings is 2. The van der Waals surface area contributed by atoms with Gasteiger partial charge in [0.1, 0.15) is 0 Å². The molecule has 2 rings (SSSR count). The molecule has 2 aromatic carbocycles. The molecule has 0 saturated carbocycles. The highest BCUT2D eigenvalue weighted by Gasteiger charge is 2.10. The summed E-state index contributed by atoms with van der Waals surface area (Å²) in [6, 6.07) is 15.1. The molecular weight excluding hydrogens is 208 g/mol. The highest BCUT2D eigenvalue weighted by molar-refractivity contribution is 6.10. The van der Waals surface area contributed by atoms with Crippen molar-refractivity contribution in [1.82, 2.24) is 0 Å². The molecule has 0 fully saturated rings. The van der Waals surface area contributed by atoms with E-state index in [4.69, 9.17) is 0 Å². The molecule has 0 unspecified atom stereocenters. The molecule has 0 N–H and O–H groups in total. The maximum Gasteiger partial charge on any atom is 0.193 e. The Bertz CT molecular complexity index is 550. The first kappa shape index (κ1) is 11.3. The lowest BCUT2D eigenvalue weighted by Crippen LogP contribution is -2.03. The van der Waals surface area contributed by atoms with Gasteiger partial charge < -0.3 is 0 Å². The molecule has 1 heteroatoms. The first-order valence-corrected chi connectivity index (χ1v) is 5.55. The SMILES string of the molecule is C=Cc1ccccc1C(=O)c1ccc(C)cc1. The van der Waals surface area contributed by atoms with Crippen molar-refractivity contribution in [2.75, 3.05) is 0 Å². The largest absolute Gasteiger partial charge is 0.289 e. The summed E-state index contributed by atoms with van der Waals surface area (Å²) < 4.78 is 0. The van der Waals surface area contributed by atoms with Crippen molar-refractivity contribution in [1.29, 1.82) is 0 Å². The zero-order chi connectivity index (χ0) is 12.3. The zero-order valence-corrected chi connectivity index (χ0v) is 9.81. The Morgan fingerprint density at radius 1 is 1.06 bits per heavy atom. The van der Waals surface area contributed by atoms with Gasteiger partial charge in [0.2, 0.25) is 0 Å². The fraction of sp³-hybridized carbons (Fsp3) is 0.0625. The number of carbonyl (C=O) groups is 1. The Hall–Kier alpha value is -2.15. The molecule has 0 aliphatic rings. The van der Waals surface area contributed by atoms with Crippen LogP contribution in [-0.4, -0.2) is 5.78 Å². The molecule has 0 atom stereocenters. The van der Waals surface area contributed by atoms with E-state index in [0.29, 0.717) is 11.1 Å². The first-order valence-electron chi connectivity index (χ1n) is 5.55. The third-order valence-electron chi connectivity index (χ3n) is 2.74. The lowest BCUT2D eigenvalue weighted by atomic mass is 9.98. The highest BCUT2D eigenvalue weighted by atomic mass is 16.1. The summed E-state index contributed by atoms with van der Waals surface area (Å²) in [5, 5.41) is 0. The van der Waals surface area contributed by atoms with Crippen molar-refractivity contribution in [3.05, 3.63) is 77.4 Å². The Labute approximate surface area is 101 Å². The summed E-state index contributed by atoms with van der Waals surface area (Å²) in [6.07, 6.45) is 1.71. The minimum Gasteiger partial charge on any atom is -0.289 e. The van der Waals surface area contributed by atoms with Crippen LogP contribution in [0.5, 0.6) is 0 Å². The van der Waals surface area contributed by atoms with E-state index in [2.05, 4.69) is 6.58 Å². The fourth-order valence-corrected chi connectivity index (χ4v) is 1.74. The van der Waals surface area contributed by atoms with E-state index in [1.54, 1.807) is 6.08 Å². The molecule has 0 saturated heterocycles. The molecule has 0 bridgehead atoms. The summed E-state index contributed by atoms with van der Waals surface area (Å²) in [5.74, 6) is 0.0421. The molecule has 0 aliphatic heterocycles. The lowest BCUT2D eigenvalue weighted by Gasteiger charge is -2.05. The second kappa shape index (κ2) is 4.79. The summed E-state index contributed by atoms with van der Waals surface area (Å²) >= 11 is 0. The quantitative estimate of drug-likeness (QED) is 0.720. The summed E-state index contributed by atoms with van der Waals surface area (Å²) in [5.41, 5.74) is 3.44. The van der Waals surface area contributed by atoms with Crippen LogP contribution < -0.4 is 0 Å². The Balaban J connectivity index is 2.43. The summed E-state index contributed by atoms with van der Waals surface area (Å²) in [6.45, 7) is 5.74. The fourth-order valence-electron chi connectivity index (χ4n) is 1.74. The third kappa shape index (κ3) is 2.34. The van der Waals surface area contributed by atoms with Gasteiger partial charge in [-0.05, 0) is 12.5 Å². The monoisotopic (exact) mass is 222 g/mol. The Morgan fingerprint density at radius 3 is 2.35 bits per heavy atom. The predicted octanol–water partition coefficient (Wildman–Crippen LogP) is 3.87. The van der Waals surface area contributed by atoms with Gasteiger partial charge in [0, 0.05) is 11.1 Å². The first-order chi connectivity index (χ1) is 8.22. The second-order valence-corrected chi connectivity index (χ2v) is 3.99. The van der Waals surface area contributed by atoms with Crippen LogP contribution in [-0.2, 0) is 0 Å². The minimum absolute atomic E-state index is 0.0421. The number of ketones is 1. The second-order valence-electron chi connectivity index (χ2n) is 3.99. The summed E-state index contributed by atoms with van der Waals surface area (Å²) in [4.78, 5) is 12.3. The molecular formula is C16H14O. The Morgan fingerprint density at radius 2 is 1.71 bits per heavy atom. The van der Waals surface area contributed by atoms with E-state index >= 15 is 0 Å². The van der Waals surface area contributed by atoms with Crippen LogP contribution in [0.3, 0.4) is 0 Å². The molecule has 0 spiro atoms. The van der Waals surface area contributed by atoms with Gasteiger partial charge in [0.25, 0.3) is 0 Å². The molecule has 17 heavy (non-hydrogen) atoms.